The van der Waals surface area contributed by atoms with Crippen LogP contribution in [0, 0.1) is 18.3 Å². The van der Waals surface area contributed by atoms with Gasteiger partial charge in [-0.25, -0.2) is 4.98 Å². The van der Waals surface area contributed by atoms with E-state index in [2.05, 4.69) is 16.0 Å². The first kappa shape index (κ1) is 16.0. The van der Waals surface area contributed by atoms with Crippen LogP contribution >= 0.6 is 11.6 Å². The molecule has 1 aromatic rings. The fraction of sp³-hybridized carbons (Fsp3) is 0.600. The van der Waals surface area contributed by atoms with Crippen molar-refractivity contribution >= 4 is 17.4 Å². The minimum Gasteiger partial charge on any atom is -0.382 e. The number of rotatable bonds is 3. The lowest BCUT2D eigenvalue weighted by Gasteiger charge is -2.43. The van der Waals surface area contributed by atoms with Crippen molar-refractivity contribution in [2.75, 3.05) is 31.7 Å². The summed E-state index contributed by atoms with van der Waals surface area (Å²) in [5.74, 6) is 0.664. The summed E-state index contributed by atoms with van der Waals surface area (Å²) in [6.07, 6.45) is 1.55. The van der Waals surface area contributed by atoms with E-state index in [-0.39, 0.29) is 11.7 Å². The highest BCUT2D eigenvalue weighted by Crippen LogP contribution is 2.30. The Morgan fingerprint density at radius 2 is 2.33 bits per heavy atom. The zero-order valence-electron chi connectivity index (χ0n) is 12.8. The van der Waals surface area contributed by atoms with E-state index in [9.17, 15) is 5.26 Å². The van der Waals surface area contributed by atoms with Gasteiger partial charge >= 0.3 is 0 Å². The molecule has 2 rings (SSSR count). The van der Waals surface area contributed by atoms with E-state index in [1.54, 1.807) is 13.3 Å². The molecule has 0 saturated carbocycles. The van der Waals surface area contributed by atoms with Crippen molar-refractivity contribution in [2.45, 2.75) is 32.5 Å². The molecule has 1 aliphatic rings. The van der Waals surface area contributed by atoms with Gasteiger partial charge in [-0.3, -0.25) is 0 Å². The number of halogens is 1. The Labute approximate surface area is 130 Å². The monoisotopic (exact) mass is 309 g/mol. The Bertz CT molecular complexity index is 569. The predicted molar refractivity (Wildman–Crippen MR) is 81.7 cm³/mol. The van der Waals surface area contributed by atoms with Gasteiger partial charge in [0.2, 0.25) is 0 Å². The largest absolute Gasteiger partial charge is 0.382 e. The minimum absolute atomic E-state index is 0.0527. The van der Waals surface area contributed by atoms with Crippen LogP contribution in [0.2, 0.25) is 5.02 Å². The van der Waals surface area contributed by atoms with Gasteiger partial charge in [-0.2, -0.15) is 5.26 Å². The average molecular weight is 310 g/mol. The van der Waals surface area contributed by atoms with Gasteiger partial charge < -0.3 is 14.4 Å². The summed E-state index contributed by atoms with van der Waals surface area (Å²) in [7, 11) is 1.65. The normalized spacial score (nSPS) is 21.1. The zero-order chi connectivity index (χ0) is 15.6. The Balaban J connectivity index is 2.37. The summed E-state index contributed by atoms with van der Waals surface area (Å²) in [5.41, 5.74) is 0.955. The van der Waals surface area contributed by atoms with Crippen molar-refractivity contribution in [3.8, 4) is 6.07 Å². The Morgan fingerprint density at radius 3 is 2.95 bits per heavy atom. The molecule has 0 aliphatic carbocycles. The van der Waals surface area contributed by atoms with Crippen LogP contribution in [0.25, 0.3) is 0 Å². The van der Waals surface area contributed by atoms with Gasteiger partial charge in [0, 0.05) is 26.4 Å². The van der Waals surface area contributed by atoms with Crippen LogP contribution < -0.4 is 4.90 Å². The lowest BCUT2D eigenvalue weighted by molar-refractivity contribution is -0.106. The number of hydrogen-bond donors (Lipinski definition) is 0. The summed E-state index contributed by atoms with van der Waals surface area (Å²) in [6, 6.07) is 2.22. The highest BCUT2D eigenvalue weighted by molar-refractivity contribution is 6.31. The molecular weight excluding hydrogens is 290 g/mol. The number of ether oxygens (including phenoxy) is 2. The number of methoxy groups -OCH3 is 1. The van der Waals surface area contributed by atoms with E-state index in [4.69, 9.17) is 21.1 Å². The Morgan fingerprint density at radius 1 is 1.62 bits per heavy atom. The minimum atomic E-state index is -0.330. The standard InChI is InChI=1S/C15H20ClN3O2/c1-10-12(5-17)14(18-6-13(10)16)19-7-11(8-20-4)21-15(2,3)9-19/h6,11H,7-9H2,1-4H3/t11-/m0/s1. The molecule has 0 radical (unpaired) electrons. The van der Waals surface area contributed by atoms with Crippen LogP contribution in [0.1, 0.15) is 25.0 Å². The quantitative estimate of drug-likeness (QED) is 0.859. The van der Waals surface area contributed by atoms with Crippen molar-refractivity contribution in [2.24, 2.45) is 0 Å². The number of pyridine rings is 1. The SMILES string of the molecule is COC[C@@H]1CN(c2ncc(Cl)c(C)c2C#N)CC(C)(C)O1. The molecule has 1 atom stereocenters. The molecule has 21 heavy (non-hydrogen) atoms. The van der Waals surface area contributed by atoms with Crippen LogP contribution in [0.4, 0.5) is 5.82 Å². The fourth-order valence-corrected chi connectivity index (χ4v) is 2.81. The van der Waals surface area contributed by atoms with Gasteiger partial charge in [0.25, 0.3) is 0 Å². The molecule has 0 unspecified atom stereocenters. The predicted octanol–water partition coefficient (Wildman–Crippen LogP) is 2.55. The van der Waals surface area contributed by atoms with E-state index in [1.165, 1.54) is 0 Å². The molecule has 5 nitrogen and oxygen atoms in total. The molecule has 0 N–H and O–H groups in total. The van der Waals surface area contributed by atoms with Gasteiger partial charge in [-0.1, -0.05) is 11.6 Å². The van der Waals surface area contributed by atoms with E-state index in [0.717, 1.165) is 5.56 Å². The molecule has 0 spiro atoms. The molecule has 1 aliphatic heterocycles. The fourth-order valence-electron chi connectivity index (χ4n) is 2.67. The molecule has 1 aromatic heterocycles. The molecule has 0 amide bonds. The van der Waals surface area contributed by atoms with Crippen molar-refractivity contribution in [3.63, 3.8) is 0 Å². The van der Waals surface area contributed by atoms with Crippen molar-refractivity contribution in [3.05, 3.63) is 22.3 Å². The summed E-state index contributed by atoms with van der Waals surface area (Å²) in [5, 5.41) is 9.93. The third kappa shape index (κ3) is 3.46. The average Bonchev–Trinajstić information content (AvgIpc) is 2.40. The van der Waals surface area contributed by atoms with Crippen LogP contribution in [0.3, 0.4) is 0 Å². The lowest BCUT2D eigenvalue weighted by Crippen LogP contribution is -2.54. The second kappa shape index (κ2) is 6.18. The van der Waals surface area contributed by atoms with E-state index in [1.807, 2.05) is 20.8 Å². The summed E-state index contributed by atoms with van der Waals surface area (Å²) in [4.78, 5) is 6.45. The maximum atomic E-state index is 9.42. The first-order valence-electron chi connectivity index (χ1n) is 6.85. The second-order valence-corrected chi connectivity index (χ2v) is 6.28. The zero-order valence-corrected chi connectivity index (χ0v) is 13.6. The molecule has 114 valence electrons. The third-order valence-corrected chi connectivity index (χ3v) is 3.88. The van der Waals surface area contributed by atoms with Crippen molar-refractivity contribution in [1.29, 1.82) is 5.26 Å². The second-order valence-electron chi connectivity index (χ2n) is 5.88. The summed E-state index contributed by atoms with van der Waals surface area (Å²) >= 11 is 6.06. The van der Waals surface area contributed by atoms with Crippen LogP contribution in [-0.4, -0.2) is 43.5 Å². The maximum Gasteiger partial charge on any atom is 0.147 e. The molecule has 2 heterocycles. The molecule has 1 saturated heterocycles. The molecule has 0 aromatic carbocycles. The smallest absolute Gasteiger partial charge is 0.147 e. The van der Waals surface area contributed by atoms with Gasteiger partial charge in [-0.15, -0.1) is 0 Å². The third-order valence-electron chi connectivity index (χ3n) is 3.50. The topological polar surface area (TPSA) is 58.4 Å². The summed E-state index contributed by atoms with van der Waals surface area (Å²) < 4.78 is 11.2. The number of morpholine rings is 1. The lowest BCUT2D eigenvalue weighted by atomic mass is 10.0. The first-order valence-corrected chi connectivity index (χ1v) is 7.22. The number of anilines is 1. The molecular formula is C15H20ClN3O2. The van der Waals surface area contributed by atoms with Gasteiger partial charge in [-0.05, 0) is 26.3 Å². The van der Waals surface area contributed by atoms with Crippen LogP contribution in [0.15, 0.2) is 6.20 Å². The van der Waals surface area contributed by atoms with E-state index in [0.29, 0.717) is 36.1 Å². The van der Waals surface area contributed by atoms with Gasteiger partial charge in [0.05, 0.1) is 28.9 Å². The number of aromatic nitrogens is 1. The summed E-state index contributed by atoms with van der Waals surface area (Å²) in [6.45, 7) is 7.70. The van der Waals surface area contributed by atoms with Crippen LogP contribution in [-0.2, 0) is 9.47 Å². The Hall–Kier alpha value is -1.35. The Kier molecular flexibility index (Phi) is 4.72. The highest BCUT2D eigenvalue weighted by Gasteiger charge is 2.35. The molecule has 0 bridgehead atoms. The maximum absolute atomic E-state index is 9.42. The van der Waals surface area contributed by atoms with Gasteiger partial charge in [0.1, 0.15) is 11.9 Å². The van der Waals surface area contributed by atoms with Crippen molar-refractivity contribution in [1.82, 2.24) is 4.98 Å². The number of nitrogens with zero attached hydrogens (tertiary/aromatic N) is 3. The molecule has 6 heteroatoms. The van der Waals surface area contributed by atoms with Crippen molar-refractivity contribution < 1.29 is 9.47 Å². The molecule has 1 fully saturated rings. The first-order chi connectivity index (χ1) is 9.88. The van der Waals surface area contributed by atoms with E-state index < -0.39 is 0 Å². The van der Waals surface area contributed by atoms with Crippen LogP contribution in [0.5, 0.6) is 0 Å². The number of nitriles is 1. The van der Waals surface area contributed by atoms with Gasteiger partial charge in [0.15, 0.2) is 0 Å². The number of hydrogen-bond acceptors (Lipinski definition) is 5. The highest BCUT2D eigenvalue weighted by atomic mass is 35.5. The van der Waals surface area contributed by atoms with E-state index >= 15 is 0 Å².